The fourth-order valence-electron chi connectivity index (χ4n) is 3.69. The number of hydrogen-bond acceptors (Lipinski definition) is 5. The van der Waals surface area contributed by atoms with E-state index in [0.717, 1.165) is 29.6 Å². The van der Waals surface area contributed by atoms with Crippen molar-refractivity contribution in [2.45, 2.75) is 31.7 Å². The average molecular weight is 364 g/mol. The summed E-state index contributed by atoms with van der Waals surface area (Å²) in [6.07, 6.45) is 6.29. The molecule has 7 heteroatoms. The SMILES string of the molecule is CN(C)C(=O)c1cc2cnc(Nc3ccc(N)cc3)nc2n1C1CCCC1. The van der Waals surface area contributed by atoms with Crippen LogP contribution in [0.3, 0.4) is 0 Å². The van der Waals surface area contributed by atoms with Crippen molar-refractivity contribution >= 4 is 34.3 Å². The number of rotatable bonds is 4. The van der Waals surface area contributed by atoms with Gasteiger partial charge in [-0.25, -0.2) is 4.98 Å². The van der Waals surface area contributed by atoms with E-state index >= 15 is 0 Å². The fourth-order valence-corrected chi connectivity index (χ4v) is 3.69. The minimum absolute atomic E-state index is 0.00653. The number of fused-ring (bicyclic) bond motifs is 1. The van der Waals surface area contributed by atoms with Crippen LogP contribution < -0.4 is 11.1 Å². The topological polar surface area (TPSA) is 89.1 Å². The number of aromatic nitrogens is 3. The molecule has 2 heterocycles. The smallest absolute Gasteiger partial charge is 0.270 e. The van der Waals surface area contributed by atoms with E-state index in [0.29, 0.717) is 23.4 Å². The zero-order valence-corrected chi connectivity index (χ0v) is 15.6. The van der Waals surface area contributed by atoms with E-state index in [1.807, 2.05) is 30.3 Å². The normalized spacial score (nSPS) is 14.6. The van der Waals surface area contributed by atoms with Crippen LogP contribution >= 0.6 is 0 Å². The van der Waals surface area contributed by atoms with Gasteiger partial charge in [0.2, 0.25) is 5.95 Å². The zero-order valence-electron chi connectivity index (χ0n) is 15.6. The van der Waals surface area contributed by atoms with E-state index in [9.17, 15) is 4.79 Å². The number of carbonyl (C=O) groups excluding carboxylic acids is 1. The third-order valence-electron chi connectivity index (χ3n) is 5.06. The second-order valence-corrected chi connectivity index (χ2v) is 7.26. The predicted molar refractivity (Wildman–Crippen MR) is 107 cm³/mol. The van der Waals surface area contributed by atoms with Crippen LogP contribution in [-0.2, 0) is 0 Å². The molecule has 4 rings (SSSR count). The minimum atomic E-state index is -0.00653. The number of nitrogens with two attached hydrogens (primary N) is 1. The van der Waals surface area contributed by atoms with E-state index in [1.165, 1.54) is 12.8 Å². The standard InChI is InChI=1S/C20H24N6O/c1-25(2)19(27)17-11-13-12-22-20(23-15-9-7-14(21)8-10-15)24-18(13)26(17)16-5-3-4-6-16/h7-12,16H,3-6,21H2,1-2H3,(H,22,23,24). The molecule has 0 unspecified atom stereocenters. The Hall–Kier alpha value is -3.09. The van der Waals surface area contributed by atoms with Gasteiger partial charge in [0.25, 0.3) is 5.91 Å². The minimum Gasteiger partial charge on any atom is -0.399 e. The fraction of sp³-hybridized carbons (Fsp3) is 0.350. The molecular formula is C20H24N6O. The Bertz CT molecular complexity index is 970. The van der Waals surface area contributed by atoms with E-state index < -0.39 is 0 Å². The first-order chi connectivity index (χ1) is 13.0. The molecule has 0 radical (unpaired) electrons. The molecule has 0 aliphatic heterocycles. The highest BCUT2D eigenvalue weighted by Crippen LogP contribution is 2.34. The molecule has 3 aromatic rings. The molecule has 0 saturated heterocycles. The molecule has 0 bridgehead atoms. The molecule has 3 N–H and O–H groups in total. The molecule has 140 valence electrons. The highest BCUT2D eigenvalue weighted by atomic mass is 16.2. The molecule has 7 nitrogen and oxygen atoms in total. The van der Waals surface area contributed by atoms with E-state index in [2.05, 4.69) is 14.9 Å². The largest absolute Gasteiger partial charge is 0.399 e. The third-order valence-corrected chi connectivity index (χ3v) is 5.06. The quantitative estimate of drug-likeness (QED) is 0.691. The summed E-state index contributed by atoms with van der Waals surface area (Å²) in [5.74, 6) is 0.501. The number of amides is 1. The van der Waals surface area contributed by atoms with Crippen LogP contribution in [-0.4, -0.2) is 39.4 Å². The second-order valence-electron chi connectivity index (χ2n) is 7.26. The molecule has 27 heavy (non-hydrogen) atoms. The zero-order chi connectivity index (χ0) is 19.0. The molecule has 1 amide bonds. The van der Waals surface area contributed by atoms with Crippen molar-refractivity contribution < 1.29 is 4.79 Å². The van der Waals surface area contributed by atoms with Gasteiger partial charge in [-0.1, -0.05) is 12.8 Å². The maximum absolute atomic E-state index is 12.7. The third kappa shape index (κ3) is 3.32. The van der Waals surface area contributed by atoms with Gasteiger partial charge in [0.05, 0.1) is 0 Å². The Kier molecular flexibility index (Phi) is 4.43. The lowest BCUT2D eigenvalue weighted by atomic mass is 10.2. The summed E-state index contributed by atoms with van der Waals surface area (Å²) in [6, 6.07) is 9.65. The highest BCUT2D eigenvalue weighted by molar-refractivity contribution is 5.97. The summed E-state index contributed by atoms with van der Waals surface area (Å²) in [4.78, 5) is 23.5. The van der Waals surface area contributed by atoms with E-state index in [1.54, 1.807) is 25.2 Å². The maximum Gasteiger partial charge on any atom is 0.270 e. The monoisotopic (exact) mass is 364 g/mol. The lowest BCUT2D eigenvalue weighted by Gasteiger charge is -2.19. The Labute approximate surface area is 158 Å². The van der Waals surface area contributed by atoms with Gasteiger partial charge < -0.3 is 20.5 Å². The Morgan fingerprint density at radius 2 is 1.93 bits per heavy atom. The van der Waals surface area contributed by atoms with Crippen LogP contribution in [0.4, 0.5) is 17.3 Å². The molecule has 1 aliphatic rings. The van der Waals surface area contributed by atoms with Gasteiger partial charge in [0.1, 0.15) is 11.3 Å². The molecule has 0 spiro atoms. The summed E-state index contributed by atoms with van der Waals surface area (Å²) in [5.41, 5.74) is 8.80. The number of nitrogens with zero attached hydrogens (tertiary/aromatic N) is 4. The van der Waals surface area contributed by atoms with Crippen molar-refractivity contribution in [1.82, 2.24) is 19.4 Å². The number of nitrogen functional groups attached to an aromatic ring is 1. The first-order valence-corrected chi connectivity index (χ1v) is 9.25. The van der Waals surface area contributed by atoms with Crippen molar-refractivity contribution in [3.8, 4) is 0 Å². The Morgan fingerprint density at radius 1 is 1.22 bits per heavy atom. The highest BCUT2D eigenvalue weighted by Gasteiger charge is 2.26. The van der Waals surface area contributed by atoms with Gasteiger partial charge >= 0.3 is 0 Å². The molecule has 1 aliphatic carbocycles. The first-order valence-electron chi connectivity index (χ1n) is 9.25. The summed E-state index contributed by atoms with van der Waals surface area (Å²) in [5, 5.41) is 4.10. The molecular weight excluding hydrogens is 340 g/mol. The van der Waals surface area contributed by atoms with Crippen LogP contribution in [0.15, 0.2) is 36.5 Å². The number of anilines is 3. The molecule has 1 saturated carbocycles. The maximum atomic E-state index is 12.7. The van der Waals surface area contributed by atoms with Crippen LogP contribution in [0.2, 0.25) is 0 Å². The van der Waals surface area contributed by atoms with Gasteiger partial charge in [-0.15, -0.1) is 0 Å². The van der Waals surface area contributed by atoms with Gasteiger partial charge in [-0.3, -0.25) is 4.79 Å². The van der Waals surface area contributed by atoms with Crippen LogP contribution in [0.5, 0.6) is 0 Å². The van der Waals surface area contributed by atoms with Crippen LogP contribution in [0.1, 0.15) is 42.2 Å². The first kappa shape index (κ1) is 17.3. The molecule has 1 aromatic carbocycles. The Balaban J connectivity index is 1.77. The Morgan fingerprint density at radius 3 is 2.59 bits per heavy atom. The van der Waals surface area contributed by atoms with E-state index in [-0.39, 0.29) is 5.91 Å². The van der Waals surface area contributed by atoms with Gasteiger partial charge in [0.15, 0.2) is 0 Å². The average Bonchev–Trinajstić information content (AvgIpc) is 3.29. The number of benzene rings is 1. The van der Waals surface area contributed by atoms with Gasteiger partial charge in [0, 0.05) is 43.1 Å². The van der Waals surface area contributed by atoms with Crippen LogP contribution in [0.25, 0.3) is 11.0 Å². The van der Waals surface area contributed by atoms with Crippen molar-refractivity contribution in [3.63, 3.8) is 0 Å². The molecule has 0 atom stereocenters. The second kappa shape index (κ2) is 6.90. The number of hydrogen-bond donors (Lipinski definition) is 2. The van der Waals surface area contributed by atoms with Gasteiger partial charge in [-0.05, 0) is 43.2 Å². The van der Waals surface area contributed by atoms with Gasteiger partial charge in [-0.2, -0.15) is 4.98 Å². The lowest BCUT2D eigenvalue weighted by molar-refractivity contribution is 0.0815. The summed E-state index contributed by atoms with van der Waals surface area (Å²) < 4.78 is 2.11. The summed E-state index contributed by atoms with van der Waals surface area (Å²) in [7, 11) is 3.55. The lowest BCUT2D eigenvalue weighted by Crippen LogP contribution is -2.25. The summed E-state index contributed by atoms with van der Waals surface area (Å²) in [6.45, 7) is 0. The van der Waals surface area contributed by atoms with Crippen LogP contribution in [0, 0.1) is 0 Å². The van der Waals surface area contributed by atoms with Crippen molar-refractivity contribution in [2.75, 3.05) is 25.1 Å². The van der Waals surface area contributed by atoms with Crippen molar-refractivity contribution in [1.29, 1.82) is 0 Å². The number of nitrogens with one attached hydrogen (secondary N) is 1. The summed E-state index contributed by atoms with van der Waals surface area (Å²) >= 11 is 0. The predicted octanol–water partition coefficient (Wildman–Crippen LogP) is 3.57. The van der Waals surface area contributed by atoms with E-state index in [4.69, 9.17) is 10.7 Å². The molecule has 1 fully saturated rings. The van der Waals surface area contributed by atoms with Crippen molar-refractivity contribution in [3.05, 3.63) is 42.2 Å². The number of carbonyl (C=O) groups is 1. The molecule has 2 aromatic heterocycles. The van der Waals surface area contributed by atoms with Crippen molar-refractivity contribution in [2.24, 2.45) is 0 Å².